The molecule has 2 fully saturated rings. The van der Waals surface area contributed by atoms with Crippen molar-refractivity contribution >= 4 is 23.4 Å². The number of allylic oxidation sites excluding steroid dienone is 1. The number of halogens is 2. The number of aromatic nitrogens is 1. The van der Waals surface area contributed by atoms with Crippen molar-refractivity contribution in [3.63, 3.8) is 0 Å². The quantitative estimate of drug-likeness (QED) is 0.477. The Hall–Kier alpha value is -1.68. The minimum absolute atomic E-state index is 0.0341. The number of alkyl halides is 2. The average Bonchev–Trinajstić information content (AvgIpc) is 3.58. The van der Waals surface area contributed by atoms with Crippen LogP contribution in [-0.2, 0) is 0 Å². The molecule has 3 unspecified atom stereocenters. The predicted octanol–water partition coefficient (Wildman–Crippen LogP) is 3.70. The maximum absolute atomic E-state index is 13.5. The van der Waals surface area contributed by atoms with Gasteiger partial charge in [-0.25, -0.2) is 13.8 Å². The van der Waals surface area contributed by atoms with Gasteiger partial charge in [-0.3, -0.25) is 0 Å². The molecule has 1 aromatic heterocycles. The molecule has 1 aromatic rings. The fourth-order valence-corrected chi connectivity index (χ4v) is 6.51. The molecule has 3 aliphatic carbocycles. The number of thioether (sulfide) groups is 1. The molecule has 186 valence electrons. The zero-order chi connectivity index (χ0) is 24.2. The van der Waals surface area contributed by atoms with Crippen molar-refractivity contribution < 1.29 is 24.1 Å². The highest BCUT2D eigenvalue weighted by molar-refractivity contribution is 7.99. The van der Waals surface area contributed by atoms with Gasteiger partial charge < -0.3 is 25.1 Å². The number of hydrogen-bond acceptors (Lipinski definition) is 7. The Kier molecular flexibility index (Phi) is 6.42. The third-order valence-corrected chi connectivity index (χ3v) is 8.56. The van der Waals surface area contributed by atoms with E-state index in [0.29, 0.717) is 29.7 Å². The third-order valence-electron chi connectivity index (χ3n) is 7.40. The minimum Gasteiger partial charge on any atom is -0.383 e. The summed E-state index contributed by atoms with van der Waals surface area (Å²) in [6.07, 6.45) is 5.68. The first-order valence-electron chi connectivity index (χ1n) is 12.1. The number of fused-ring (bicyclic) bond motifs is 1. The van der Waals surface area contributed by atoms with Crippen LogP contribution in [0.2, 0.25) is 0 Å². The van der Waals surface area contributed by atoms with E-state index in [1.807, 2.05) is 29.4 Å². The first kappa shape index (κ1) is 24.0. The van der Waals surface area contributed by atoms with Gasteiger partial charge in [-0.2, -0.15) is 11.8 Å². The largest absolute Gasteiger partial charge is 0.383 e. The van der Waals surface area contributed by atoms with Crippen LogP contribution in [0.3, 0.4) is 0 Å². The number of aliphatic hydroxyl groups excluding tert-OH is 2. The predicted molar refractivity (Wildman–Crippen MR) is 130 cm³/mol. The summed E-state index contributed by atoms with van der Waals surface area (Å²) in [5, 5.41) is 31.1. The number of hydrogen-bond donors (Lipinski definition) is 3. The number of β-amino-alcohol motifs (C(OH)–C–C–N with tert-alkyl or cyclic N) is 2. The maximum atomic E-state index is 13.5. The molecule has 0 amide bonds. The number of nitrogens with zero attached hydrogens (tertiary/aromatic N) is 3. The Morgan fingerprint density at radius 3 is 2.53 bits per heavy atom. The van der Waals surface area contributed by atoms with Gasteiger partial charge in [-0.1, -0.05) is 19.1 Å². The van der Waals surface area contributed by atoms with Crippen LogP contribution >= 0.6 is 11.8 Å². The van der Waals surface area contributed by atoms with Crippen LogP contribution in [0, 0.1) is 17.8 Å². The topological polar surface area (TPSA) is 80.1 Å². The molecule has 2 saturated carbocycles. The second-order valence-electron chi connectivity index (χ2n) is 10.3. The lowest BCUT2D eigenvalue weighted by Gasteiger charge is -2.43. The van der Waals surface area contributed by atoms with Crippen LogP contribution in [0.5, 0.6) is 0 Å². The zero-order valence-corrected chi connectivity index (χ0v) is 20.4. The van der Waals surface area contributed by atoms with Gasteiger partial charge in [-0.15, -0.1) is 0 Å². The Morgan fingerprint density at radius 2 is 1.91 bits per heavy atom. The highest BCUT2D eigenvalue weighted by Gasteiger charge is 2.46. The van der Waals surface area contributed by atoms with Gasteiger partial charge in [0.2, 0.25) is 5.92 Å². The summed E-state index contributed by atoms with van der Waals surface area (Å²) in [6.45, 7) is 3.35. The Bertz CT molecular complexity index is 990. The van der Waals surface area contributed by atoms with Crippen molar-refractivity contribution in [1.82, 2.24) is 4.98 Å². The van der Waals surface area contributed by atoms with Gasteiger partial charge >= 0.3 is 0 Å². The second-order valence-corrected chi connectivity index (χ2v) is 11.2. The number of anilines is 2. The smallest absolute Gasteiger partial charge is 0.248 e. The van der Waals surface area contributed by atoms with Crippen molar-refractivity contribution in [2.24, 2.45) is 17.8 Å². The molecular weight excluding hydrogens is 460 g/mol. The van der Waals surface area contributed by atoms with E-state index in [0.717, 1.165) is 30.7 Å². The molecule has 4 aliphatic rings. The molecule has 6 nitrogen and oxygen atoms in total. The van der Waals surface area contributed by atoms with Crippen LogP contribution < -0.4 is 9.80 Å². The maximum Gasteiger partial charge on any atom is 0.248 e. The van der Waals surface area contributed by atoms with Crippen molar-refractivity contribution in [1.29, 1.82) is 0 Å². The molecule has 5 rings (SSSR count). The van der Waals surface area contributed by atoms with Crippen molar-refractivity contribution in [2.75, 3.05) is 35.7 Å². The van der Waals surface area contributed by atoms with Gasteiger partial charge in [0.25, 0.3) is 0 Å². The SMILES string of the molecule is CSC1C2=C(C=CC1C)C(O)c1ccc(N(CC3CC3)CC3CC(F)(F)C3)nc1N2CC(O)O. The fourth-order valence-electron chi connectivity index (χ4n) is 5.51. The molecule has 34 heavy (non-hydrogen) atoms. The summed E-state index contributed by atoms with van der Waals surface area (Å²) in [4.78, 5) is 8.87. The Balaban J connectivity index is 1.51. The second kappa shape index (κ2) is 9.08. The van der Waals surface area contributed by atoms with Crippen molar-refractivity contribution in [3.05, 3.63) is 41.1 Å². The van der Waals surface area contributed by atoms with E-state index < -0.39 is 18.3 Å². The van der Waals surface area contributed by atoms with Crippen LogP contribution in [0.4, 0.5) is 20.4 Å². The lowest BCUT2D eigenvalue weighted by Crippen LogP contribution is -2.44. The highest BCUT2D eigenvalue weighted by Crippen LogP contribution is 2.48. The van der Waals surface area contributed by atoms with Gasteiger partial charge in [0.05, 0.1) is 11.8 Å². The third kappa shape index (κ3) is 4.59. The van der Waals surface area contributed by atoms with E-state index in [1.54, 1.807) is 11.8 Å². The fraction of sp³-hybridized carbons (Fsp3) is 0.640. The normalized spacial score (nSPS) is 28.1. The first-order chi connectivity index (χ1) is 16.2. The number of aliphatic hydroxyl groups is 3. The van der Waals surface area contributed by atoms with E-state index in [4.69, 9.17) is 4.98 Å². The van der Waals surface area contributed by atoms with E-state index in [1.165, 1.54) is 0 Å². The summed E-state index contributed by atoms with van der Waals surface area (Å²) in [5.41, 5.74) is 2.23. The molecule has 0 spiro atoms. The molecule has 2 heterocycles. The molecule has 3 N–H and O–H groups in total. The molecule has 0 saturated heterocycles. The summed E-state index contributed by atoms with van der Waals surface area (Å²) in [7, 11) is 0. The van der Waals surface area contributed by atoms with E-state index in [2.05, 4.69) is 17.9 Å². The summed E-state index contributed by atoms with van der Waals surface area (Å²) in [5.74, 6) is -0.660. The van der Waals surface area contributed by atoms with Gasteiger partial charge in [0, 0.05) is 42.8 Å². The Morgan fingerprint density at radius 1 is 1.21 bits per heavy atom. The molecule has 0 bridgehead atoms. The number of rotatable bonds is 8. The summed E-state index contributed by atoms with van der Waals surface area (Å²) in [6, 6.07) is 3.71. The summed E-state index contributed by atoms with van der Waals surface area (Å²) < 4.78 is 27.0. The van der Waals surface area contributed by atoms with E-state index in [9.17, 15) is 24.1 Å². The molecule has 1 aliphatic heterocycles. The van der Waals surface area contributed by atoms with Crippen molar-refractivity contribution in [3.8, 4) is 0 Å². The first-order valence-corrected chi connectivity index (χ1v) is 13.4. The van der Waals surface area contributed by atoms with Crippen LogP contribution in [0.1, 0.15) is 44.3 Å². The van der Waals surface area contributed by atoms with E-state index in [-0.39, 0.29) is 36.5 Å². The van der Waals surface area contributed by atoms with Crippen LogP contribution in [-0.4, -0.2) is 63.7 Å². The zero-order valence-electron chi connectivity index (χ0n) is 19.6. The number of pyridine rings is 1. The van der Waals surface area contributed by atoms with Gasteiger partial charge in [0.15, 0.2) is 6.29 Å². The molecule has 9 heteroatoms. The molecule has 3 atom stereocenters. The molecular formula is C25H33F2N3O3S. The monoisotopic (exact) mass is 493 g/mol. The minimum atomic E-state index is -2.56. The van der Waals surface area contributed by atoms with Crippen molar-refractivity contribution in [2.45, 2.75) is 56.2 Å². The lowest BCUT2D eigenvalue weighted by molar-refractivity contribution is -0.107. The van der Waals surface area contributed by atoms with Gasteiger partial charge in [0.1, 0.15) is 17.7 Å². The average molecular weight is 494 g/mol. The van der Waals surface area contributed by atoms with Gasteiger partial charge in [-0.05, 0) is 49.0 Å². The highest BCUT2D eigenvalue weighted by atomic mass is 32.2. The Labute approximate surface area is 203 Å². The van der Waals surface area contributed by atoms with Crippen LogP contribution in [0.25, 0.3) is 0 Å². The lowest BCUT2D eigenvalue weighted by atomic mass is 9.81. The van der Waals surface area contributed by atoms with E-state index >= 15 is 0 Å². The molecule has 0 aromatic carbocycles. The summed E-state index contributed by atoms with van der Waals surface area (Å²) >= 11 is 1.66. The molecule has 0 radical (unpaired) electrons. The van der Waals surface area contributed by atoms with Crippen LogP contribution in [0.15, 0.2) is 35.6 Å². The standard InChI is InChI=1S/C25H33F2N3O3S/c1-14-3-6-17-21(23(14)34-2)30(13-20(31)32)24-18(22(17)33)7-8-19(28-24)29(11-15-4-5-15)12-16-9-25(26,27)10-16/h3,6-8,14-16,20,22-23,31-33H,4-5,9-13H2,1-2H3.